The van der Waals surface area contributed by atoms with Crippen LogP contribution in [0, 0.1) is 13.8 Å². The molecule has 0 radical (unpaired) electrons. The number of nitrogens with one attached hydrogen (secondary N) is 4. The minimum absolute atomic E-state index is 0.0488. The van der Waals surface area contributed by atoms with Crippen LogP contribution in [0.15, 0.2) is 48.5 Å². The third-order valence-electron chi connectivity index (χ3n) is 4.22. The average molecular weight is 396 g/mol. The molecule has 2 aromatic rings. The molecular formula is C21H24N4O4. The van der Waals surface area contributed by atoms with Gasteiger partial charge in [-0.15, -0.1) is 0 Å². The van der Waals surface area contributed by atoms with Crippen LogP contribution >= 0.6 is 0 Å². The Hall–Kier alpha value is -3.68. The van der Waals surface area contributed by atoms with Gasteiger partial charge in [0.05, 0.1) is 0 Å². The molecule has 0 fully saturated rings. The lowest BCUT2D eigenvalue weighted by atomic mass is 10.1. The number of hydrogen-bond donors (Lipinski definition) is 4. The lowest BCUT2D eigenvalue weighted by Crippen LogP contribution is -2.42. The highest BCUT2D eigenvalue weighted by molar-refractivity contribution is 5.97. The predicted molar refractivity (Wildman–Crippen MR) is 107 cm³/mol. The summed E-state index contributed by atoms with van der Waals surface area (Å²) >= 11 is 0. The lowest BCUT2D eigenvalue weighted by molar-refractivity contribution is -0.123. The van der Waals surface area contributed by atoms with Gasteiger partial charge in [-0.2, -0.15) is 0 Å². The van der Waals surface area contributed by atoms with E-state index in [0.29, 0.717) is 11.1 Å². The van der Waals surface area contributed by atoms with Crippen LogP contribution < -0.4 is 21.7 Å². The van der Waals surface area contributed by atoms with E-state index in [1.54, 1.807) is 50.2 Å². The molecule has 0 aliphatic rings. The van der Waals surface area contributed by atoms with Crippen molar-refractivity contribution in [3.8, 4) is 0 Å². The van der Waals surface area contributed by atoms with Crippen LogP contribution in [-0.4, -0.2) is 23.6 Å². The fourth-order valence-electron chi connectivity index (χ4n) is 2.58. The summed E-state index contributed by atoms with van der Waals surface area (Å²) in [6.07, 6.45) is 0.360. The van der Waals surface area contributed by atoms with E-state index in [9.17, 15) is 19.2 Å². The maximum atomic E-state index is 12.0. The fourth-order valence-corrected chi connectivity index (χ4v) is 2.58. The normalized spacial score (nSPS) is 10.0. The number of aryl methyl sites for hydroxylation is 2. The zero-order valence-corrected chi connectivity index (χ0v) is 16.4. The van der Waals surface area contributed by atoms with E-state index < -0.39 is 23.6 Å². The summed E-state index contributed by atoms with van der Waals surface area (Å²) in [5, 5.41) is 0. The van der Waals surface area contributed by atoms with Gasteiger partial charge in [0.1, 0.15) is 0 Å². The largest absolute Gasteiger partial charge is 0.273 e. The van der Waals surface area contributed by atoms with Crippen LogP contribution in [0.1, 0.15) is 51.1 Å². The summed E-state index contributed by atoms with van der Waals surface area (Å²) in [6, 6.07) is 14.0. The van der Waals surface area contributed by atoms with Crippen molar-refractivity contribution in [2.24, 2.45) is 0 Å². The van der Waals surface area contributed by atoms with Gasteiger partial charge >= 0.3 is 0 Å². The van der Waals surface area contributed by atoms with Crippen molar-refractivity contribution in [3.63, 3.8) is 0 Å². The van der Waals surface area contributed by atoms with E-state index in [0.717, 1.165) is 11.1 Å². The van der Waals surface area contributed by atoms with Crippen LogP contribution in [-0.2, 0) is 9.59 Å². The molecule has 0 unspecified atom stereocenters. The Kier molecular flexibility index (Phi) is 7.90. The van der Waals surface area contributed by atoms with Gasteiger partial charge in [0, 0.05) is 24.0 Å². The van der Waals surface area contributed by atoms with E-state index in [2.05, 4.69) is 21.7 Å². The maximum Gasteiger partial charge on any atom is 0.269 e. The van der Waals surface area contributed by atoms with E-state index in [4.69, 9.17) is 0 Å². The van der Waals surface area contributed by atoms with Gasteiger partial charge in [0.25, 0.3) is 11.8 Å². The molecule has 0 heterocycles. The zero-order valence-electron chi connectivity index (χ0n) is 16.4. The summed E-state index contributed by atoms with van der Waals surface area (Å²) in [4.78, 5) is 47.6. The Bertz CT molecular complexity index is 838. The van der Waals surface area contributed by atoms with Gasteiger partial charge in [-0.1, -0.05) is 36.4 Å². The molecule has 4 N–H and O–H groups in total. The van der Waals surface area contributed by atoms with Crippen molar-refractivity contribution in [2.45, 2.75) is 33.1 Å². The number of amides is 4. The fraction of sp³-hybridized carbons (Fsp3) is 0.238. The number of carbonyl (C=O) groups excluding carboxylic acids is 4. The Morgan fingerprint density at radius 2 is 1.00 bits per heavy atom. The third-order valence-corrected chi connectivity index (χ3v) is 4.22. The number of hydrogen-bond acceptors (Lipinski definition) is 4. The maximum absolute atomic E-state index is 12.0. The Morgan fingerprint density at radius 1 is 0.621 bits per heavy atom. The summed E-state index contributed by atoms with van der Waals surface area (Å²) in [5.74, 6) is -1.64. The molecule has 0 saturated carbocycles. The summed E-state index contributed by atoms with van der Waals surface area (Å²) in [6.45, 7) is 3.60. The molecular weight excluding hydrogens is 372 g/mol. The minimum Gasteiger partial charge on any atom is -0.273 e. The Morgan fingerprint density at radius 3 is 1.38 bits per heavy atom. The van der Waals surface area contributed by atoms with Crippen LogP contribution in [0.5, 0.6) is 0 Å². The highest BCUT2D eigenvalue weighted by Gasteiger charge is 2.11. The molecule has 0 saturated heterocycles. The summed E-state index contributed by atoms with van der Waals surface area (Å²) in [7, 11) is 0. The average Bonchev–Trinajstić information content (AvgIpc) is 2.71. The van der Waals surface area contributed by atoms with Gasteiger partial charge in [-0.05, 0) is 43.5 Å². The highest BCUT2D eigenvalue weighted by atomic mass is 16.2. The van der Waals surface area contributed by atoms with Crippen molar-refractivity contribution in [1.29, 1.82) is 0 Å². The smallest absolute Gasteiger partial charge is 0.269 e. The monoisotopic (exact) mass is 396 g/mol. The second-order valence-electron chi connectivity index (χ2n) is 6.49. The molecule has 0 aromatic heterocycles. The Labute approximate surface area is 169 Å². The standard InChI is InChI=1S/C21H24N4O4/c1-14-8-3-5-10-16(14)20(28)24-22-18(26)12-7-13-19(27)23-25-21(29)17-11-6-4-9-15(17)2/h3-6,8-11H,7,12-13H2,1-2H3,(H,22,26)(H,23,27)(H,24,28)(H,25,29). The quantitative estimate of drug-likeness (QED) is 0.556. The van der Waals surface area contributed by atoms with Crippen molar-refractivity contribution < 1.29 is 19.2 Å². The molecule has 2 aromatic carbocycles. The number of carbonyl (C=O) groups is 4. The second kappa shape index (κ2) is 10.6. The topological polar surface area (TPSA) is 116 Å². The molecule has 0 bridgehead atoms. The molecule has 8 heteroatoms. The zero-order chi connectivity index (χ0) is 21.2. The van der Waals surface area contributed by atoms with Crippen molar-refractivity contribution in [1.82, 2.24) is 21.7 Å². The molecule has 29 heavy (non-hydrogen) atoms. The van der Waals surface area contributed by atoms with Crippen LogP contribution in [0.25, 0.3) is 0 Å². The summed E-state index contributed by atoms with van der Waals surface area (Å²) in [5.41, 5.74) is 11.9. The number of hydrazine groups is 2. The van der Waals surface area contributed by atoms with Crippen molar-refractivity contribution >= 4 is 23.6 Å². The first-order valence-electron chi connectivity index (χ1n) is 9.18. The first kappa shape index (κ1) is 21.6. The second-order valence-corrected chi connectivity index (χ2v) is 6.49. The van der Waals surface area contributed by atoms with Gasteiger partial charge in [0.15, 0.2) is 0 Å². The van der Waals surface area contributed by atoms with Gasteiger partial charge in [-0.3, -0.25) is 40.9 Å². The van der Waals surface area contributed by atoms with E-state index in [1.807, 2.05) is 12.1 Å². The molecule has 152 valence electrons. The first-order chi connectivity index (χ1) is 13.9. The number of benzene rings is 2. The van der Waals surface area contributed by atoms with Gasteiger partial charge < -0.3 is 0 Å². The Balaban J connectivity index is 1.65. The molecule has 4 amide bonds. The molecule has 0 aliphatic heterocycles. The molecule has 8 nitrogen and oxygen atoms in total. The van der Waals surface area contributed by atoms with E-state index in [-0.39, 0.29) is 19.3 Å². The van der Waals surface area contributed by atoms with E-state index >= 15 is 0 Å². The molecule has 2 rings (SSSR count). The minimum atomic E-state index is -0.413. The highest BCUT2D eigenvalue weighted by Crippen LogP contribution is 2.07. The molecule has 0 aliphatic carbocycles. The SMILES string of the molecule is Cc1ccccc1C(=O)NNC(=O)CCCC(=O)NNC(=O)c1ccccc1C. The molecule has 0 spiro atoms. The van der Waals surface area contributed by atoms with Crippen LogP contribution in [0.2, 0.25) is 0 Å². The van der Waals surface area contributed by atoms with Gasteiger partial charge in [0.2, 0.25) is 11.8 Å². The number of rotatable bonds is 6. The molecule has 0 atom stereocenters. The van der Waals surface area contributed by atoms with Crippen LogP contribution in [0.4, 0.5) is 0 Å². The van der Waals surface area contributed by atoms with Gasteiger partial charge in [-0.25, -0.2) is 0 Å². The van der Waals surface area contributed by atoms with Crippen molar-refractivity contribution in [2.75, 3.05) is 0 Å². The third kappa shape index (κ3) is 6.76. The van der Waals surface area contributed by atoms with Crippen molar-refractivity contribution in [3.05, 3.63) is 70.8 Å². The van der Waals surface area contributed by atoms with Crippen LogP contribution in [0.3, 0.4) is 0 Å². The predicted octanol–water partition coefficient (Wildman–Crippen LogP) is 1.70. The summed E-state index contributed by atoms with van der Waals surface area (Å²) < 4.78 is 0. The van der Waals surface area contributed by atoms with E-state index in [1.165, 1.54) is 0 Å². The first-order valence-corrected chi connectivity index (χ1v) is 9.18. The lowest BCUT2D eigenvalue weighted by Gasteiger charge is -2.10.